The molecule has 2 atom stereocenters. The van der Waals surface area contributed by atoms with Crippen LogP contribution in [0.1, 0.15) is 45.1 Å². The van der Waals surface area contributed by atoms with E-state index in [-0.39, 0.29) is 17.1 Å². The van der Waals surface area contributed by atoms with Crippen LogP contribution in [0.3, 0.4) is 0 Å². The van der Waals surface area contributed by atoms with Crippen molar-refractivity contribution in [1.29, 1.82) is 0 Å². The Balaban J connectivity index is 1.54. The van der Waals surface area contributed by atoms with Crippen molar-refractivity contribution >= 4 is 45.0 Å². The Bertz CT molecular complexity index is 1640. The number of fused-ring (bicyclic) bond motifs is 3. The highest BCUT2D eigenvalue weighted by atomic mass is 16.2. The summed E-state index contributed by atoms with van der Waals surface area (Å²) in [6.07, 6.45) is 2.81. The molecule has 2 aromatic heterocycles. The van der Waals surface area contributed by atoms with Crippen LogP contribution in [-0.2, 0) is 16.6 Å². The third-order valence-electron chi connectivity index (χ3n) is 7.80. The molecule has 6 heteroatoms. The van der Waals surface area contributed by atoms with Crippen LogP contribution in [0.5, 0.6) is 0 Å². The summed E-state index contributed by atoms with van der Waals surface area (Å²) in [5.41, 5.74) is 5.30. The highest BCUT2D eigenvalue weighted by Gasteiger charge is 2.45. The van der Waals surface area contributed by atoms with E-state index in [0.29, 0.717) is 24.2 Å². The van der Waals surface area contributed by atoms with E-state index >= 15 is 0 Å². The van der Waals surface area contributed by atoms with E-state index in [1.54, 1.807) is 12.3 Å². The van der Waals surface area contributed by atoms with Gasteiger partial charge in [0, 0.05) is 64.4 Å². The zero-order valence-corrected chi connectivity index (χ0v) is 21.6. The van der Waals surface area contributed by atoms with Crippen molar-refractivity contribution in [2.24, 2.45) is 23.4 Å². The largest absolute Gasteiger partial charge is 0.344 e. The van der Waals surface area contributed by atoms with Crippen molar-refractivity contribution in [3.05, 3.63) is 83.7 Å². The summed E-state index contributed by atoms with van der Waals surface area (Å²) in [5.74, 6) is -0.658. The first-order valence-electron chi connectivity index (χ1n) is 12.7. The number of benzene rings is 2. The van der Waals surface area contributed by atoms with Crippen LogP contribution < -0.4 is 5.32 Å². The Morgan fingerprint density at radius 3 is 2.54 bits per heavy atom. The number of aromatic nitrogens is 2. The van der Waals surface area contributed by atoms with Gasteiger partial charge in [-0.1, -0.05) is 44.2 Å². The maximum atomic E-state index is 13.8. The van der Waals surface area contributed by atoms with Crippen LogP contribution in [0.4, 0.5) is 5.82 Å². The molecule has 0 spiro atoms. The van der Waals surface area contributed by atoms with E-state index < -0.39 is 11.8 Å². The molecular formula is C31H30N4O2. The molecule has 4 aromatic rings. The second-order valence-electron chi connectivity index (χ2n) is 11.1. The Hall–Kier alpha value is -4.06. The van der Waals surface area contributed by atoms with E-state index in [4.69, 9.17) is 4.99 Å². The third-order valence-corrected chi connectivity index (χ3v) is 7.80. The van der Waals surface area contributed by atoms with Crippen LogP contribution in [-0.4, -0.2) is 27.0 Å². The van der Waals surface area contributed by atoms with Crippen molar-refractivity contribution in [3.63, 3.8) is 0 Å². The minimum atomic E-state index is -0.613. The number of ketones is 1. The predicted octanol–water partition coefficient (Wildman–Crippen LogP) is 6.18. The maximum Gasteiger partial charge on any atom is 0.235 e. The lowest BCUT2D eigenvalue weighted by atomic mass is 9.66. The molecule has 186 valence electrons. The molecule has 1 aliphatic heterocycles. The average Bonchev–Trinajstić information content (AvgIpc) is 3.14. The normalized spacial score (nSPS) is 21.2. The van der Waals surface area contributed by atoms with Gasteiger partial charge in [-0.25, -0.2) is 4.98 Å². The molecule has 0 radical (unpaired) electrons. The quantitative estimate of drug-likeness (QED) is 0.372. The summed E-state index contributed by atoms with van der Waals surface area (Å²) >= 11 is 0. The van der Waals surface area contributed by atoms with E-state index in [1.165, 1.54) is 0 Å². The highest BCUT2D eigenvalue weighted by molar-refractivity contribution is 6.14. The van der Waals surface area contributed by atoms with Gasteiger partial charge in [0.25, 0.3) is 0 Å². The minimum absolute atomic E-state index is 0.0844. The summed E-state index contributed by atoms with van der Waals surface area (Å²) in [5, 5.41) is 5.24. The van der Waals surface area contributed by atoms with Gasteiger partial charge in [0.2, 0.25) is 5.91 Å². The Morgan fingerprint density at radius 1 is 1.00 bits per heavy atom. The number of rotatable bonds is 3. The van der Waals surface area contributed by atoms with Gasteiger partial charge in [-0.05, 0) is 54.7 Å². The topological polar surface area (TPSA) is 76.3 Å². The number of allylic oxidation sites excluding steroid dienone is 2. The molecule has 6 rings (SSSR count). The lowest BCUT2D eigenvalue weighted by Gasteiger charge is -2.39. The van der Waals surface area contributed by atoms with Crippen molar-refractivity contribution in [2.75, 3.05) is 5.32 Å². The fourth-order valence-corrected chi connectivity index (χ4v) is 6.16. The standard InChI is InChI=1S/C31H30N4O2/c1-18-27(30(37)34-26-11-7-8-14-32-26)28(29-22(33-18)16-31(2,3)17-25(29)36)19-12-13-24-21(15-19)20-9-5-6-10-23(20)35(24)4/h5-15,27-28H,16-17H2,1-4H3,(H,32,34,37). The van der Waals surface area contributed by atoms with Crippen molar-refractivity contribution in [2.45, 2.75) is 39.5 Å². The summed E-state index contributed by atoms with van der Waals surface area (Å²) in [6.45, 7) is 6.12. The first-order valence-corrected chi connectivity index (χ1v) is 12.7. The zero-order valence-electron chi connectivity index (χ0n) is 21.6. The van der Waals surface area contributed by atoms with Crippen molar-refractivity contribution < 1.29 is 9.59 Å². The molecular weight excluding hydrogens is 460 g/mol. The number of hydrogen-bond acceptors (Lipinski definition) is 4. The Morgan fingerprint density at radius 2 is 1.76 bits per heavy atom. The Kier molecular flexibility index (Phi) is 5.37. The molecule has 3 heterocycles. The number of para-hydroxylation sites is 1. The first-order chi connectivity index (χ1) is 17.7. The molecule has 1 aliphatic carbocycles. The highest BCUT2D eigenvalue weighted by Crippen LogP contribution is 2.48. The molecule has 0 saturated carbocycles. The maximum absolute atomic E-state index is 13.8. The van der Waals surface area contributed by atoms with Gasteiger partial charge >= 0.3 is 0 Å². The predicted molar refractivity (Wildman–Crippen MR) is 148 cm³/mol. The number of aryl methyl sites for hydroxylation is 1. The summed E-state index contributed by atoms with van der Waals surface area (Å²) in [6, 6.07) is 20.1. The van der Waals surface area contributed by atoms with E-state index in [1.807, 2.05) is 31.2 Å². The van der Waals surface area contributed by atoms with Gasteiger partial charge in [-0.15, -0.1) is 0 Å². The van der Waals surface area contributed by atoms with Crippen molar-refractivity contribution in [1.82, 2.24) is 9.55 Å². The van der Waals surface area contributed by atoms with Gasteiger partial charge in [0.15, 0.2) is 5.78 Å². The second kappa shape index (κ2) is 8.51. The van der Waals surface area contributed by atoms with Gasteiger partial charge < -0.3 is 9.88 Å². The third kappa shape index (κ3) is 3.88. The van der Waals surface area contributed by atoms with Crippen LogP contribution in [0, 0.1) is 11.3 Å². The molecule has 0 saturated heterocycles. The first kappa shape index (κ1) is 23.3. The molecule has 2 unspecified atom stereocenters. The second-order valence-corrected chi connectivity index (χ2v) is 11.1. The van der Waals surface area contributed by atoms with Gasteiger partial charge in [0.05, 0.1) is 5.92 Å². The van der Waals surface area contributed by atoms with Crippen LogP contribution in [0.2, 0.25) is 0 Å². The van der Waals surface area contributed by atoms with Gasteiger partial charge in [0.1, 0.15) is 5.82 Å². The molecule has 0 fully saturated rings. The monoisotopic (exact) mass is 490 g/mol. The minimum Gasteiger partial charge on any atom is -0.344 e. The number of Topliss-reactive ketones (excluding diaryl/α,β-unsaturated/α-hetero) is 1. The van der Waals surface area contributed by atoms with E-state index in [9.17, 15) is 9.59 Å². The van der Waals surface area contributed by atoms with Crippen LogP contribution in [0.25, 0.3) is 21.8 Å². The number of nitrogens with zero attached hydrogens (tertiary/aromatic N) is 3. The van der Waals surface area contributed by atoms with Gasteiger partial charge in [-0.3, -0.25) is 14.6 Å². The molecule has 2 aromatic carbocycles. The lowest BCUT2D eigenvalue weighted by Crippen LogP contribution is -2.41. The average molecular weight is 491 g/mol. The van der Waals surface area contributed by atoms with Crippen LogP contribution in [0.15, 0.2) is 83.1 Å². The number of carbonyl (C=O) groups excluding carboxylic acids is 2. The number of anilines is 1. The smallest absolute Gasteiger partial charge is 0.235 e. The number of hydrogen-bond donors (Lipinski definition) is 1. The number of amides is 1. The summed E-state index contributed by atoms with van der Waals surface area (Å²) in [7, 11) is 2.07. The summed E-state index contributed by atoms with van der Waals surface area (Å²) < 4.78 is 2.19. The van der Waals surface area contributed by atoms with Gasteiger partial charge in [-0.2, -0.15) is 0 Å². The summed E-state index contributed by atoms with van der Waals surface area (Å²) in [4.78, 5) is 36.6. The fourth-order valence-electron chi connectivity index (χ4n) is 6.16. The number of aliphatic imine (C=N–C) groups is 1. The lowest BCUT2D eigenvalue weighted by molar-refractivity contribution is -0.119. The molecule has 1 N–H and O–H groups in total. The van der Waals surface area contributed by atoms with E-state index in [2.05, 4.69) is 66.1 Å². The van der Waals surface area contributed by atoms with Crippen molar-refractivity contribution in [3.8, 4) is 0 Å². The van der Waals surface area contributed by atoms with E-state index in [0.717, 1.165) is 38.8 Å². The fraction of sp³-hybridized carbons (Fsp3) is 0.290. The molecule has 0 bridgehead atoms. The molecule has 6 nitrogen and oxygen atoms in total. The number of nitrogens with one attached hydrogen (secondary N) is 1. The molecule has 37 heavy (non-hydrogen) atoms. The molecule has 1 amide bonds. The van der Waals surface area contributed by atoms with Crippen LogP contribution >= 0.6 is 0 Å². The zero-order chi connectivity index (χ0) is 25.9. The molecule has 2 aliphatic rings. The SMILES string of the molecule is CC1=NC2=C(C(=O)CC(C)(C)C2)C(c2ccc3c(c2)c2ccccc2n3C)C1C(=O)Nc1ccccn1. The number of carbonyl (C=O) groups is 2. The Labute approximate surface area is 216 Å². The number of pyridine rings is 1.